The van der Waals surface area contributed by atoms with E-state index in [1.54, 1.807) is 17.0 Å². The number of esters is 1. The summed E-state index contributed by atoms with van der Waals surface area (Å²) in [4.78, 5) is 27.0. The van der Waals surface area contributed by atoms with Crippen molar-refractivity contribution in [1.82, 2.24) is 4.90 Å². The van der Waals surface area contributed by atoms with Crippen LogP contribution in [0.15, 0.2) is 34.7 Å². The van der Waals surface area contributed by atoms with E-state index in [4.69, 9.17) is 9.15 Å². The van der Waals surface area contributed by atoms with E-state index in [2.05, 4.69) is 0 Å². The van der Waals surface area contributed by atoms with E-state index >= 15 is 0 Å². The number of para-hydroxylation sites is 1. The predicted molar refractivity (Wildman–Crippen MR) is 107 cm³/mol. The van der Waals surface area contributed by atoms with E-state index in [0.717, 1.165) is 37.5 Å². The third-order valence-corrected chi connectivity index (χ3v) is 7.56. The molecule has 1 aliphatic carbocycles. The first-order valence-corrected chi connectivity index (χ1v) is 11.9. The van der Waals surface area contributed by atoms with Gasteiger partial charge in [0.2, 0.25) is 5.76 Å². The molecule has 1 amide bonds. The molecule has 1 aromatic heterocycles. The number of fused-ring (bicyclic) bond motifs is 1. The second kappa shape index (κ2) is 8.18. The molecule has 0 bridgehead atoms. The summed E-state index contributed by atoms with van der Waals surface area (Å²) in [5.74, 6) is -0.882. The highest BCUT2D eigenvalue weighted by Crippen LogP contribution is 2.28. The number of hydrogen-bond donors (Lipinski definition) is 0. The number of benzene rings is 1. The zero-order valence-corrected chi connectivity index (χ0v) is 17.0. The smallest absolute Gasteiger partial charge is 0.374 e. The average Bonchev–Trinajstić information content (AvgIpc) is 3.30. The minimum atomic E-state index is -3.12. The largest absolute Gasteiger partial charge is 0.450 e. The van der Waals surface area contributed by atoms with Crippen molar-refractivity contribution in [3.05, 3.63) is 36.1 Å². The summed E-state index contributed by atoms with van der Waals surface area (Å²) in [6.45, 7) is -0.414. The highest BCUT2D eigenvalue weighted by Gasteiger charge is 2.38. The number of furan rings is 1. The van der Waals surface area contributed by atoms with Gasteiger partial charge in [-0.2, -0.15) is 0 Å². The molecule has 2 fully saturated rings. The van der Waals surface area contributed by atoms with Gasteiger partial charge in [0.15, 0.2) is 16.4 Å². The lowest BCUT2D eigenvalue weighted by atomic mass is 9.93. The fourth-order valence-electron chi connectivity index (χ4n) is 4.41. The third-order valence-electron chi connectivity index (χ3n) is 5.81. The minimum absolute atomic E-state index is 0.00718. The molecule has 0 spiro atoms. The van der Waals surface area contributed by atoms with Crippen molar-refractivity contribution in [3.63, 3.8) is 0 Å². The van der Waals surface area contributed by atoms with Gasteiger partial charge in [0, 0.05) is 17.5 Å². The third kappa shape index (κ3) is 4.47. The van der Waals surface area contributed by atoms with Crippen LogP contribution in [0, 0.1) is 0 Å². The van der Waals surface area contributed by atoms with Crippen LogP contribution in [0.2, 0.25) is 0 Å². The van der Waals surface area contributed by atoms with E-state index < -0.39 is 22.4 Å². The molecule has 29 heavy (non-hydrogen) atoms. The average molecular weight is 419 g/mol. The van der Waals surface area contributed by atoms with Crippen LogP contribution in [0.5, 0.6) is 0 Å². The van der Waals surface area contributed by atoms with Crippen LogP contribution < -0.4 is 0 Å². The van der Waals surface area contributed by atoms with Crippen molar-refractivity contribution in [2.24, 2.45) is 0 Å². The number of sulfone groups is 1. The number of carbonyl (C=O) groups excluding carboxylic acids is 2. The lowest BCUT2D eigenvalue weighted by Gasteiger charge is -2.38. The van der Waals surface area contributed by atoms with Crippen LogP contribution in [0.1, 0.15) is 49.1 Å². The Morgan fingerprint density at radius 1 is 1.07 bits per heavy atom. The fourth-order valence-corrected chi connectivity index (χ4v) is 6.13. The molecule has 0 radical (unpaired) electrons. The summed E-state index contributed by atoms with van der Waals surface area (Å²) < 4.78 is 34.6. The number of ether oxygens (including phenoxy) is 1. The Morgan fingerprint density at radius 3 is 2.52 bits per heavy atom. The second-order valence-electron chi connectivity index (χ2n) is 7.87. The molecule has 1 saturated carbocycles. The summed E-state index contributed by atoms with van der Waals surface area (Å²) in [5, 5.41) is 0.783. The Kier molecular flexibility index (Phi) is 5.63. The van der Waals surface area contributed by atoms with Crippen molar-refractivity contribution in [2.45, 2.75) is 50.6 Å². The monoisotopic (exact) mass is 419 g/mol. The van der Waals surface area contributed by atoms with Gasteiger partial charge >= 0.3 is 5.97 Å². The standard InChI is InChI=1S/C21H25NO6S/c23-20(13-27-21(24)19-12-15-6-4-5-9-18(15)28-19)22(16-7-2-1-3-8-16)17-10-11-29(25,26)14-17/h4-6,9,12,16-17H,1-3,7-8,10-11,13-14H2/t17-/m1/s1. The van der Waals surface area contributed by atoms with Gasteiger partial charge < -0.3 is 14.1 Å². The van der Waals surface area contributed by atoms with Gasteiger partial charge in [-0.05, 0) is 31.4 Å². The number of hydrogen-bond acceptors (Lipinski definition) is 6. The maximum atomic E-state index is 13.0. The van der Waals surface area contributed by atoms with Crippen LogP contribution in [-0.4, -0.2) is 55.4 Å². The Balaban J connectivity index is 1.45. The molecular formula is C21H25NO6S. The van der Waals surface area contributed by atoms with E-state index in [9.17, 15) is 18.0 Å². The fraction of sp³-hybridized carbons (Fsp3) is 0.524. The van der Waals surface area contributed by atoms with Gasteiger partial charge in [0.1, 0.15) is 5.58 Å². The van der Waals surface area contributed by atoms with Gasteiger partial charge in [0.25, 0.3) is 5.91 Å². The topological polar surface area (TPSA) is 93.9 Å². The van der Waals surface area contributed by atoms with Crippen LogP contribution in [0.4, 0.5) is 0 Å². The first kappa shape index (κ1) is 19.9. The molecule has 1 aliphatic heterocycles. The number of carbonyl (C=O) groups is 2. The number of rotatable bonds is 5. The van der Waals surface area contributed by atoms with E-state index in [0.29, 0.717) is 12.0 Å². The Morgan fingerprint density at radius 2 is 1.83 bits per heavy atom. The van der Waals surface area contributed by atoms with Crippen LogP contribution in [0.25, 0.3) is 11.0 Å². The quantitative estimate of drug-likeness (QED) is 0.692. The molecule has 0 unspecified atom stereocenters. The van der Waals surface area contributed by atoms with Gasteiger partial charge in [-0.15, -0.1) is 0 Å². The molecule has 2 aromatic rings. The molecule has 7 nitrogen and oxygen atoms in total. The highest BCUT2D eigenvalue weighted by atomic mass is 32.2. The van der Waals surface area contributed by atoms with Gasteiger partial charge in [-0.3, -0.25) is 4.79 Å². The van der Waals surface area contributed by atoms with Crippen LogP contribution in [0.3, 0.4) is 0 Å². The van der Waals surface area contributed by atoms with Gasteiger partial charge in [-0.1, -0.05) is 37.5 Å². The van der Waals surface area contributed by atoms with Gasteiger partial charge in [-0.25, -0.2) is 13.2 Å². The summed E-state index contributed by atoms with van der Waals surface area (Å²) in [5.41, 5.74) is 0.575. The summed E-state index contributed by atoms with van der Waals surface area (Å²) >= 11 is 0. The number of amides is 1. The zero-order valence-electron chi connectivity index (χ0n) is 16.2. The molecule has 0 N–H and O–H groups in total. The molecular weight excluding hydrogens is 394 g/mol. The SMILES string of the molecule is O=C(OCC(=O)N(C1CCCCC1)[C@@H]1CCS(=O)(=O)C1)c1cc2ccccc2o1. The summed E-state index contributed by atoms with van der Waals surface area (Å²) in [6, 6.07) is 8.50. The molecule has 2 aliphatic rings. The minimum Gasteiger partial charge on any atom is -0.450 e. The van der Waals surface area contributed by atoms with Crippen molar-refractivity contribution < 1.29 is 27.2 Å². The maximum absolute atomic E-state index is 13.0. The van der Waals surface area contributed by atoms with E-state index in [1.807, 2.05) is 18.2 Å². The molecule has 156 valence electrons. The van der Waals surface area contributed by atoms with Gasteiger partial charge in [0.05, 0.1) is 11.5 Å². The van der Waals surface area contributed by atoms with Crippen molar-refractivity contribution >= 4 is 32.7 Å². The Bertz CT molecular complexity index is 972. The van der Waals surface area contributed by atoms with E-state index in [-0.39, 0.29) is 35.3 Å². The Labute approximate surface area is 169 Å². The highest BCUT2D eigenvalue weighted by molar-refractivity contribution is 7.91. The molecule has 2 heterocycles. The lowest BCUT2D eigenvalue weighted by molar-refractivity contribution is -0.140. The second-order valence-corrected chi connectivity index (χ2v) is 10.1. The Hall–Kier alpha value is -2.35. The maximum Gasteiger partial charge on any atom is 0.374 e. The summed E-state index contributed by atoms with van der Waals surface area (Å²) in [6.07, 6.45) is 5.34. The molecule has 8 heteroatoms. The zero-order chi connectivity index (χ0) is 20.4. The predicted octanol–water partition coefficient (Wildman–Crippen LogP) is 2.94. The number of nitrogens with zero attached hydrogens (tertiary/aromatic N) is 1. The first-order chi connectivity index (χ1) is 13.9. The van der Waals surface area contributed by atoms with Crippen LogP contribution in [-0.2, 0) is 19.4 Å². The first-order valence-electron chi connectivity index (χ1n) is 10.1. The molecule has 4 rings (SSSR count). The lowest BCUT2D eigenvalue weighted by Crippen LogP contribution is -2.50. The van der Waals surface area contributed by atoms with Crippen molar-refractivity contribution in [1.29, 1.82) is 0 Å². The summed E-state index contributed by atoms with van der Waals surface area (Å²) in [7, 11) is -3.12. The normalized spacial score (nSPS) is 21.9. The van der Waals surface area contributed by atoms with Crippen molar-refractivity contribution in [2.75, 3.05) is 18.1 Å². The van der Waals surface area contributed by atoms with Crippen molar-refractivity contribution in [3.8, 4) is 0 Å². The molecule has 1 atom stereocenters. The van der Waals surface area contributed by atoms with Crippen LogP contribution >= 0.6 is 0 Å². The van der Waals surface area contributed by atoms with E-state index in [1.165, 1.54) is 0 Å². The molecule has 1 aromatic carbocycles. The molecule has 1 saturated heterocycles.